The Morgan fingerprint density at radius 2 is 1.40 bits per heavy atom. The van der Waals surface area contributed by atoms with E-state index in [0.717, 1.165) is 5.56 Å². The van der Waals surface area contributed by atoms with Crippen molar-refractivity contribution in [1.82, 2.24) is 0 Å². The van der Waals surface area contributed by atoms with Crippen molar-refractivity contribution < 1.29 is 47.5 Å². The van der Waals surface area contributed by atoms with Crippen LogP contribution in [0.3, 0.4) is 0 Å². The second kappa shape index (κ2) is 14.0. The van der Waals surface area contributed by atoms with Crippen LogP contribution in [0.5, 0.6) is 5.75 Å². The average molecular weight is 771 g/mol. The van der Waals surface area contributed by atoms with Gasteiger partial charge in [-0.3, -0.25) is 14.2 Å². The minimum absolute atomic E-state index is 0.0692. The third kappa shape index (κ3) is 6.96. The molecule has 0 amide bonds. The van der Waals surface area contributed by atoms with Gasteiger partial charge in [-0.25, -0.2) is 0 Å². The fourth-order valence-electron chi connectivity index (χ4n) is 9.36. The van der Waals surface area contributed by atoms with E-state index in [0.29, 0.717) is 74.3 Å². The third-order valence-electron chi connectivity index (χ3n) is 12.5. The van der Waals surface area contributed by atoms with Crippen molar-refractivity contribution in [3.05, 3.63) is 96.6 Å². The second-order valence-electron chi connectivity index (χ2n) is 16.2. The highest BCUT2D eigenvalue weighted by Crippen LogP contribution is 2.62. The summed E-state index contributed by atoms with van der Waals surface area (Å²) in [7, 11) is -3.85. The number of hydrogen-bond acceptors (Lipinski definition) is 11. The van der Waals surface area contributed by atoms with Crippen LogP contribution < -0.4 is 21.3 Å². The predicted octanol–water partition coefficient (Wildman–Crippen LogP) is 4.75. The lowest BCUT2D eigenvalue weighted by Crippen LogP contribution is -2.79. The number of carbonyl (C=O) groups excluding carboxylic acids is 1. The molecule has 0 bridgehead atoms. The molecule has 1 aliphatic carbocycles. The Morgan fingerprint density at radius 3 is 2.07 bits per heavy atom. The number of carbonyl (C=O) groups is 2. The van der Waals surface area contributed by atoms with Crippen LogP contribution in [0.25, 0.3) is 11.1 Å². The van der Waals surface area contributed by atoms with Crippen LogP contribution >= 0.6 is 7.37 Å². The zero-order chi connectivity index (χ0) is 38.0. The Hall–Kier alpha value is -3.87. The van der Waals surface area contributed by atoms with E-state index in [9.17, 15) is 14.7 Å². The van der Waals surface area contributed by atoms with E-state index in [1.165, 1.54) is 0 Å². The first-order valence-electron chi connectivity index (χ1n) is 19.2. The fraction of sp³-hybridized carbons (Fsp3) is 0.476. The van der Waals surface area contributed by atoms with Gasteiger partial charge in [-0.2, -0.15) is 0 Å². The molecule has 13 heteroatoms. The molecule has 3 aromatic rings. The highest BCUT2D eigenvalue weighted by molar-refractivity contribution is 7.67. The molecule has 11 unspecified atom stereocenters. The molecule has 5 aliphatic heterocycles. The zero-order valence-corrected chi connectivity index (χ0v) is 31.4. The number of para-hydroxylation sites is 1. The number of epoxide rings is 4. The fourth-order valence-corrected chi connectivity index (χ4v) is 11.9. The molecule has 3 aromatic carbocycles. The van der Waals surface area contributed by atoms with Crippen LogP contribution in [0.2, 0.25) is 0 Å². The van der Waals surface area contributed by atoms with Crippen molar-refractivity contribution in [1.29, 1.82) is 0 Å². The Balaban J connectivity index is 1.14. The summed E-state index contributed by atoms with van der Waals surface area (Å²) in [5, 5.41) is 10.6. The van der Waals surface area contributed by atoms with Crippen molar-refractivity contribution in [3.8, 4) is 16.9 Å². The van der Waals surface area contributed by atoms with Crippen LogP contribution in [0.15, 0.2) is 91.0 Å². The Labute approximate surface area is 319 Å². The van der Waals surface area contributed by atoms with Gasteiger partial charge in [0.15, 0.2) is 0 Å². The summed E-state index contributed by atoms with van der Waals surface area (Å²) in [6, 6.07) is 23.8. The minimum Gasteiger partial charge on any atom is -0.481 e. The third-order valence-corrected chi connectivity index (χ3v) is 15.0. The summed E-state index contributed by atoms with van der Waals surface area (Å²) in [4.78, 5) is 27.4. The van der Waals surface area contributed by atoms with Crippen molar-refractivity contribution in [2.24, 2.45) is 28.7 Å². The van der Waals surface area contributed by atoms with E-state index < -0.39 is 54.2 Å². The summed E-state index contributed by atoms with van der Waals surface area (Å²) in [6.07, 6.45) is 3.73. The molecule has 12 nitrogen and oxygen atoms in total. The second-order valence-corrected chi connectivity index (χ2v) is 18.5. The molecular weight excluding hydrogens is 723 g/mol. The Morgan fingerprint density at radius 1 is 0.800 bits per heavy atom. The van der Waals surface area contributed by atoms with Crippen LogP contribution in [-0.2, 0) is 37.8 Å². The van der Waals surface area contributed by atoms with E-state index >= 15 is 4.57 Å². The Kier molecular flexibility index (Phi) is 9.32. The largest absolute Gasteiger partial charge is 0.481 e. The molecule has 4 saturated heterocycles. The first kappa shape index (κ1) is 36.7. The zero-order valence-electron chi connectivity index (χ0n) is 30.5. The van der Waals surface area contributed by atoms with Crippen molar-refractivity contribution in [2.75, 3.05) is 32.6 Å². The molecule has 0 aromatic heterocycles. The predicted molar refractivity (Wildman–Crippen MR) is 202 cm³/mol. The van der Waals surface area contributed by atoms with E-state index in [1.54, 1.807) is 24.3 Å². The molecule has 55 heavy (non-hydrogen) atoms. The van der Waals surface area contributed by atoms with Crippen LogP contribution in [0.4, 0.5) is 0 Å². The molecule has 0 radical (unpaired) electrons. The van der Waals surface area contributed by atoms with Crippen LogP contribution in [-0.4, -0.2) is 85.1 Å². The first-order chi connectivity index (χ1) is 26.5. The number of benzene rings is 3. The van der Waals surface area contributed by atoms with E-state index in [1.807, 2.05) is 54.6 Å². The smallest absolute Gasteiger partial charge is 0.310 e. The molecule has 6 aliphatic rings. The van der Waals surface area contributed by atoms with Gasteiger partial charge in [0.1, 0.15) is 11.9 Å². The van der Waals surface area contributed by atoms with Crippen LogP contribution in [0, 0.1) is 17.3 Å². The first-order valence-corrected chi connectivity index (χ1v) is 21.0. The number of esters is 1. The van der Waals surface area contributed by atoms with Gasteiger partial charge in [-0.15, -0.1) is 0 Å². The highest BCUT2D eigenvalue weighted by atomic mass is 31.2. The van der Waals surface area contributed by atoms with Gasteiger partial charge in [0, 0.05) is 11.1 Å². The van der Waals surface area contributed by atoms with Gasteiger partial charge < -0.3 is 44.8 Å². The standard InChI is InChI=1S/C42H47N2O10P/c43-41(19-31-23-51-31)28(17-29-21-49-29)14-15-40(18-30-22-50-30,42(41,44)20-32-24-52-32)38(26-8-2-1-3-9-26)53-39(47)27(16-37(45)46)25-55(48)36-13-7-5-11-34(36)33-10-4-6-12-35(33)54-55/h1-15,27-32,38H,16-25,43-44H2,(H,45,46). The van der Waals surface area contributed by atoms with Gasteiger partial charge in [0.2, 0.25) is 0 Å². The summed E-state index contributed by atoms with van der Waals surface area (Å²) < 4.78 is 51.3. The lowest BCUT2D eigenvalue weighted by molar-refractivity contribution is -0.170. The number of ether oxygens (including phenoxy) is 5. The molecule has 5 heterocycles. The van der Waals surface area contributed by atoms with Crippen molar-refractivity contribution in [3.63, 3.8) is 0 Å². The van der Waals surface area contributed by atoms with Crippen LogP contribution in [0.1, 0.15) is 43.8 Å². The molecular formula is C42H47N2O10P. The number of carboxylic acid groups (broad SMARTS) is 1. The summed E-state index contributed by atoms with van der Waals surface area (Å²) in [5.74, 6) is -3.16. The quantitative estimate of drug-likeness (QED) is 0.0786. The molecule has 4 fully saturated rings. The molecule has 290 valence electrons. The topological polar surface area (TPSA) is 192 Å². The summed E-state index contributed by atoms with van der Waals surface area (Å²) in [5.41, 5.74) is 14.5. The summed E-state index contributed by atoms with van der Waals surface area (Å²) in [6.45, 7) is 2.27. The number of nitrogens with two attached hydrogens (primary N) is 2. The maximum Gasteiger partial charge on any atom is 0.310 e. The monoisotopic (exact) mass is 770 g/mol. The van der Waals surface area contributed by atoms with Gasteiger partial charge in [0.05, 0.1) is 85.6 Å². The maximum atomic E-state index is 15.0. The normalized spacial score (nSPS) is 36.0. The number of hydrogen-bond donors (Lipinski definition) is 3. The molecule has 9 rings (SSSR count). The summed E-state index contributed by atoms with van der Waals surface area (Å²) >= 11 is 0. The molecule has 11 atom stereocenters. The van der Waals surface area contributed by atoms with E-state index in [-0.39, 0.29) is 36.5 Å². The highest BCUT2D eigenvalue weighted by Gasteiger charge is 2.69. The average Bonchev–Trinajstić information content (AvgIpc) is 3.95. The van der Waals surface area contributed by atoms with E-state index in [2.05, 4.69) is 12.2 Å². The minimum atomic E-state index is -3.85. The molecule has 5 N–H and O–H groups in total. The molecule has 0 spiro atoms. The lowest BCUT2D eigenvalue weighted by Gasteiger charge is -2.63. The van der Waals surface area contributed by atoms with E-state index in [4.69, 9.17) is 39.7 Å². The molecule has 0 saturated carbocycles. The van der Waals surface area contributed by atoms with Gasteiger partial charge in [-0.05, 0) is 54.9 Å². The number of aliphatic carboxylic acids is 1. The number of rotatable bonds is 16. The maximum absolute atomic E-state index is 15.0. The van der Waals surface area contributed by atoms with Gasteiger partial charge in [-0.1, -0.05) is 78.9 Å². The lowest BCUT2D eigenvalue weighted by atomic mass is 9.47. The number of carboxylic acids is 1. The van der Waals surface area contributed by atoms with Crippen molar-refractivity contribution >= 4 is 24.6 Å². The Bertz CT molecular complexity index is 2030. The number of fused-ring (bicyclic) bond motifs is 3. The SMILES string of the molecule is NC1(CC2CO2)C(CC2CO2)C=CC(CC2CO2)(C(OC(=O)C(CC(=O)O)CP2(=O)Oc3ccccc3-c3ccccc32)c2ccccc2)C1(N)CC1CO1. The van der Waals surface area contributed by atoms with Gasteiger partial charge in [0.25, 0.3) is 7.37 Å². The van der Waals surface area contributed by atoms with Crippen molar-refractivity contribution in [2.45, 2.75) is 73.7 Å². The van der Waals surface area contributed by atoms with Gasteiger partial charge >= 0.3 is 11.9 Å².